The third kappa shape index (κ3) is 5.01. The zero-order chi connectivity index (χ0) is 21.6. The number of nitrogens with zero attached hydrogens (tertiary/aromatic N) is 4. The van der Waals surface area contributed by atoms with E-state index in [1.54, 1.807) is 10.7 Å². The lowest BCUT2D eigenvalue weighted by Gasteiger charge is -2.32. The maximum Gasteiger partial charge on any atom is 0.317 e. The van der Waals surface area contributed by atoms with Crippen LogP contribution in [0, 0.1) is 0 Å². The van der Waals surface area contributed by atoms with Crippen LogP contribution in [0.3, 0.4) is 0 Å². The molecule has 1 N–H and O–H groups in total. The summed E-state index contributed by atoms with van der Waals surface area (Å²) in [6.45, 7) is 7.16. The summed E-state index contributed by atoms with van der Waals surface area (Å²) < 4.78 is 7.09. The average Bonchev–Trinajstić information content (AvgIpc) is 3.48. The number of hydrogen-bond acceptors (Lipinski definition) is 4. The molecule has 0 radical (unpaired) electrons. The number of likely N-dealkylation sites (tertiary alicyclic amines) is 2. The number of rotatable bonds is 7. The molecule has 2 aromatic heterocycles. The molecule has 8 nitrogen and oxygen atoms in total. The smallest absolute Gasteiger partial charge is 0.317 e. The van der Waals surface area contributed by atoms with Crippen molar-refractivity contribution in [3.8, 4) is 0 Å². The molecule has 0 saturated carbocycles. The van der Waals surface area contributed by atoms with Crippen molar-refractivity contribution in [1.82, 2.24) is 24.7 Å². The van der Waals surface area contributed by atoms with Crippen molar-refractivity contribution in [3.05, 3.63) is 35.7 Å². The monoisotopic (exact) mass is 427 g/mol. The highest BCUT2D eigenvalue weighted by atomic mass is 16.5. The number of amides is 3. The van der Waals surface area contributed by atoms with Crippen molar-refractivity contribution < 1.29 is 14.3 Å². The Bertz CT molecular complexity index is 898. The highest BCUT2D eigenvalue weighted by Crippen LogP contribution is 2.29. The largest absolute Gasteiger partial charge is 0.382 e. The standard InChI is InChI=1S/C23H33N5O3/c1-2-31-15-5-9-24-23(30)27-12-6-18(7-13-27)19-8-14-28-21(16-19)20(17-25-28)22(29)26-10-3-4-11-26/h8,14,16-18H,2-7,9-13,15H2,1H3,(H,24,30). The molecule has 3 amide bonds. The molecule has 0 bridgehead atoms. The topological polar surface area (TPSA) is 79.2 Å². The second-order valence-corrected chi connectivity index (χ2v) is 8.39. The molecule has 2 aromatic rings. The Morgan fingerprint density at radius 3 is 2.68 bits per heavy atom. The number of hydrogen-bond donors (Lipinski definition) is 1. The van der Waals surface area contributed by atoms with Crippen LogP contribution in [-0.4, -0.2) is 77.3 Å². The van der Waals surface area contributed by atoms with Gasteiger partial charge in [0.05, 0.1) is 17.3 Å². The van der Waals surface area contributed by atoms with Crippen LogP contribution in [0.25, 0.3) is 5.52 Å². The van der Waals surface area contributed by atoms with E-state index < -0.39 is 0 Å². The van der Waals surface area contributed by atoms with Crippen LogP contribution in [0.1, 0.15) is 60.9 Å². The fourth-order valence-electron chi connectivity index (χ4n) is 4.55. The van der Waals surface area contributed by atoms with Crippen LogP contribution in [0.2, 0.25) is 0 Å². The Morgan fingerprint density at radius 2 is 1.94 bits per heavy atom. The maximum atomic E-state index is 12.9. The lowest BCUT2D eigenvalue weighted by Crippen LogP contribution is -2.44. The molecule has 0 unspecified atom stereocenters. The summed E-state index contributed by atoms with van der Waals surface area (Å²) >= 11 is 0. The van der Waals surface area contributed by atoms with Gasteiger partial charge in [0.25, 0.3) is 5.91 Å². The molecule has 31 heavy (non-hydrogen) atoms. The summed E-state index contributed by atoms with van der Waals surface area (Å²) in [4.78, 5) is 29.1. The first-order valence-corrected chi connectivity index (χ1v) is 11.5. The van der Waals surface area contributed by atoms with E-state index >= 15 is 0 Å². The van der Waals surface area contributed by atoms with Crippen molar-refractivity contribution in [2.75, 3.05) is 45.9 Å². The lowest BCUT2D eigenvalue weighted by molar-refractivity contribution is 0.0794. The fraction of sp³-hybridized carbons (Fsp3) is 0.609. The first-order chi connectivity index (χ1) is 15.2. The van der Waals surface area contributed by atoms with Gasteiger partial charge in [-0.05, 0) is 62.6 Å². The van der Waals surface area contributed by atoms with E-state index in [2.05, 4.69) is 22.5 Å². The molecule has 168 valence electrons. The van der Waals surface area contributed by atoms with Crippen molar-refractivity contribution in [1.29, 1.82) is 0 Å². The van der Waals surface area contributed by atoms with E-state index in [0.29, 0.717) is 31.2 Å². The van der Waals surface area contributed by atoms with Crippen LogP contribution >= 0.6 is 0 Å². The Kier molecular flexibility index (Phi) is 7.06. The number of aromatic nitrogens is 2. The molecule has 2 saturated heterocycles. The molecular weight excluding hydrogens is 394 g/mol. The molecule has 4 heterocycles. The van der Waals surface area contributed by atoms with Gasteiger partial charge in [-0.25, -0.2) is 9.31 Å². The molecule has 2 aliphatic rings. The highest BCUT2D eigenvalue weighted by Gasteiger charge is 2.26. The second kappa shape index (κ2) is 10.1. The SMILES string of the molecule is CCOCCCNC(=O)N1CCC(c2ccn3ncc(C(=O)N4CCCC4)c3c2)CC1. The Morgan fingerprint density at radius 1 is 1.16 bits per heavy atom. The van der Waals surface area contributed by atoms with E-state index in [9.17, 15) is 9.59 Å². The van der Waals surface area contributed by atoms with Gasteiger partial charge in [0, 0.05) is 52.1 Å². The van der Waals surface area contributed by atoms with Gasteiger partial charge in [-0.2, -0.15) is 5.10 Å². The summed E-state index contributed by atoms with van der Waals surface area (Å²) in [5.41, 5.74) is 2.79. The van der Waals surface area contributed by atoms with Crippen LogP contribution < -0.4 is 5.32 Å². The third-order valence-electron chi connectivity index (χ3n) is 6.37. The third-order valence-corrected chi connectivity index (χ3v) is 6.37. The van der Waals surface area contributed by atoms with E-state index in [0.717, 1.165) is 63.8 Å². The van der Waals surface area contributed by atoms with E-state index in [-0.39, 0.29) is 11.9 Å². The summed E-state index contributed by atoms with van der Waals surface area (Å²) in [5, 5.41) is 7.37. The van der Waals surface area contributed by atoms with Gasteiger partial charge in [0.2, 0.25) is 0 Å². The van der Waals surface area contributed by atoms with E-state index in [1.807, 2.05) is 22.9 Å². The number of fused-ring (bicyclic) bond motifs is 1. The summed E-state index contributed by atoms with van der Waals surface area (Å²) in [7, 11) is 0. The fourth-order valence-corrected chi connectivity index (χ4v) is 4.55. The predicted octanol–water partition coefficient (Wildman–Crippen LogP) is 2.89. The lowest BCUT2D eigenvalue weighted by atomic mass is 9.89. The number of carbonyl (C=O) groups excluding carboxylic acids is 2. The van der Waals surface area contributed by atoms with E-state index in [1.165, 1.54) is 5.56 Å². The Hall–Kier alpha value is -2.61. The van der Waals surface area contributed by atoms with Gasteiger partial charge < -0.3 is 19.9 Å². The van der Waals surface area contributed by atoms with Crippen LogP contribution in [-0.2, 0) is 4.74 Å². The number of carbonyl (C=O) groups is 2. The molecule has 0 atom stereocenters. The summed E-state index contributed by atoms with van der Waals surface area (Å²) in [6, 6.07) is 4.22. The highest BCUT2D eigenvalue weighted by molar-refractivity contribution is 6.00. The minimum atomic E-state index is 0.0136. The molecular formula is C23H33N5O3. The zero-order valence-electron chi connectivity index (χ0n) is 18.4. The van der Waals surface area contributed by atoms with E-state index in [4.69, 9.17) is 4.74 Å². The van der Waals surface area contributed by atoms with Crippen molar-refractivity contribution in [2.45, 2.75) is 44.9 Å². The summed E-state index contributed by atoms with van der Waals surface area (Å²) in [5.74, 6) is 0.470. The molecule has 2 fully saturated rings. The van der Waals surface area contributed by atoms with Gasteiger partial charge in [-0.1, -0.05) is 0 Å². The first-order valence-electron chi connectivity index (χ1n) is 11.5. The minimum Gasteiger partial charge on any atom is -0.382 e. The van der Waals surface area contributed by atoms with Gasteiger partial charge in [-0.3, -0.25) is 4.79 Å². The molecule has 0 aliphatic carbocycles. The first kappa shape index (κ1) is 21.6. The predicted molar refractivity (Wildman–Crippen MR) is 118 cm³/mol. The number of piperidine rings is 1. The number of urea groups is 1. The normalized spacial score (nSPS) is 17.5. The molecule has 0 spiro atoms. The molecule has 2 aliphatic heterocycles. The Balaban J connectivity index is 1.35. The maximum absolute atomic E-state index is 12.9. The van der Waals surface area contributed by atoms with Gasteiger partial charge in [0.15, 0.2) is 0 Å². The van der Waals surface area contributed by atoms with Gasteiger partial charge in [0.1, 0.15) is 0 Å². The van der Waals surface area contributed by atoms with Crippen LogP contribution in [0.15, 0.2) is 24.5 Å². The second-order valence-electron chi connectivity index (χ2n) is 8.39. The summed E-state index contributed by atoms with van der Waals surface area (Å²) in [6.07, 6.45) is 8.48. The number of ether oxygens (including phenoxy) is 1. The van der Waals surface area contributed by atoms with Gasteiger partial charge in [-0.15, -0.1) is 0 Å². The number of pyridine rings is 1. The molecule has 0 aromatic carbocycles. The van der Waals surface area contributed by atoms with Crippen molar-refractivity contribution in [3.63, 3.8) is 0 Å². The molecule has 8 heteroatoms. The molecule has 4 rings (SSSR count). The zero-order valence-corrected chi connectivity index (χ0v) is 18.4. The average molecular weight is 428 g/mol. The number of nitrogens with one attached hydrogen (secondary N) is 1. The van der Waals surface area contributed by atoms with Crippen LogP contribution in [0.4, 0.5) is 4.79 Å². The minimum absolute atomic E-state index is 0.0136. The van der Waals surface area contributed by atoms with Crippen molar-refractivity contribution >= 4 is 17.5 Å². The van der Waals surface area contributed by atoms with Gasteiger partial charge >= 0.3 is 6.03 Å². The Labute approximate surface area is 183 Å². The van der Waals surface area contributed by atoms with Crippen molar-refractivity contribution in [2.24, 2.45) is 0 Å². The quantitative estimate of drug-likeness (QED) is 0.689. The van der Waals surface area contributed by atoms with Crippen LogP contribution in [0.5, 0.6) is 0 Å².